The largest absolute Gasteiger partial charge is 0.633 e. The molecule has 0 radical (unpaired) electrons. The number of ether oxygens (including phenoxy) is 2. The molecule has 4 heteroatoms. The Balaban J connectivity index is 2.31. The smallest absolute Gasteiger partial charge is 0.169 e. The van der Waals surface area contributed by atoms with Gasteiger partial charge in [-0.2, -0.15) is 0 Å². The third-order valence-electron chi connectivity index (χ3n) is 4.37. The van der Waals surface area contributed by atoms with Crippen LogP contribution in [0.2, 0.25) is 0 Å². The van der Waals surface area contributed by atoms with Crippen LogP contribution in [0.25, 0.3) is 21.5 Å². The molecule has 0 N–H and O–H groups in total. The molecule has 0 spiro atoms. The van der Waals surface area contributed by atoms with Crippen molar-refractivity contribution in [1.82, 2.24) is 0 Å². The van der Waals surface area contributed by atoms with Crippen LogP contribution in [0.5, 0.6) is 11.5 Å². The van der Waals surface area contributed by atoms with E-state index in [0.717, 1.165) is 32.9 Å². The number of benzene rings is 3. The van der Waals surface area contributed by atoms with Crippen LogP contribution in [0.3, 0.4) is 0 Å². The highest BCUT2D eigenvalue weighted by Crippen LogP contribution is 2.41. The van der Waals surface area contributed by atoms with Gasteiger partial charge in [-0.05, 0) is 27.8 Å². The molecule has 3 aromatic carbocycles. The van der Waals surface area contributed by atoms with Crippen LogP contribution in [-0.4, -0.2) is 39.5 Å². The lowest BCUT2D eigenvalue weighted by molar-refractivity contribution is -0.839. The first-order valence-corrected chi connectivity index (χ1v) is 8.04. The highest BCUT2D eigenvalue weighted by atomic mass is 16.5. The average molecular weight is 325 g/mol. The van der Waals surface area contributed by atoms with Crippen LogP contribution in [-0.2, 0) is 6.42 Å². The number of fused-ring (bicyclic) bond motifs is 3. The number of quaternary nitrogens is 1. The number of methoxy groups -OCH3 is 2. The molecule has 0 heterocycles. The van der Waals surface area contributed by atoms with Crippen molar-refractivity contribution < 1.29 is 14.1 Å². The molecule has 0 aliphatic rings. The molecule has 0 aliphatic heterocycles. The summed E-state index contributed by atoms with van der Waals surface area (Å²) in [5, 5.41) is 16.4. The summed E-state index contributed by atoms with van der Waals surface area (Å²) in [6.07, 6.45) is 0.686. The maximum Gasteiger partial charge on any atom is 0.169 e. The maximum atomic E-state index is 12.0. The predicted octanol–water partition coefficient (Wildman–Crippen LogP) is 4.13. The second kappa shape index (κ2) is 6.30. The van der Waals surface area contributed by atoms with E-state index in [2.05, 4.69) is 24.3 Å². The van der Waals surface area contributed by atoms with Gasteiger partial charge < -0.3 is 19.3 Å². The van der Waals surface area contributed by atoms with Gasteiger partial charge in [0, 0.05) is 11.8 Å². The number of rotatable bonds is 5. The van der Waals surface area contributed by atoms with E-state index in [1.807, 2.05) is 18.2 Å². The molecule has 3 aromatic rings. The molecule has 0 bridgehead atoms. The Morgan fingerprint density at radius 1 is 0.958 bits per heavy atom. The molecule has 0 saturated carbocycles. The first-order chi connectivity index (χ1) is 11.4. The Bertz CT molecular complexity index is 881. The van der Waals surface area contributed by atoms with Crippen LogP contribution in [0.4, 0.5) is 0 Å². The van der Waals surface area contributed by atoms with E-state index in [-0.39, 0.29) is 4.65 Å². The maximum absolute atomic E-state index is 12.0. The van der Waals surface area contributed by atoms with Crippen molar-refractivity contribution in [3.63, 3.8) is 0 Å². The predicted molar refractivity (Wildman–Crippen MR) is 98.6 cm³/mol. The molecule has 4 nitrogen and oxygen atoms in total. The molecule has 0 amide bonds. The summed E-state index contributed by atoms with van der Waals surface area (Å²) in [5.41, 5.74) is 1.11. The summed E-state index contributed by atoms with van der Waals surface area (Å²) in [6, 6.07) is 14.5. The van der Waals surface area contributed by atoms with Crippen molar-refractivity contribution in [2.24, 2.45) is 0 Å². The van der Waals surface area contributed by atoms with E-state index in [9.17, 15) is 5.21 Å². The molecule has 126 valence electrons. The van der Waals surface area contributed by atoms with E-state index in [1.165, 1.54) is 0 Å². The van der Waals surface area contributed by atoms with Crippen molar-refractivity contribution in [2.75, 3.05) is 34.9 Å². The number of hydrogen-bond donors (Lipinski definition) is 0. The zero-order valence-electron chi connectivity index (χ0n) is 14.6. The molecule has 24 heavy (non-hydrogen) atoms. The van der Waals surface area contributed by atoms with Gasteiger partial charge in [-0.25, -0.2) is 0 Å². The third kappa shape index (κ3) is 3.03. The lowest BCUT2D eigenvalue weighted by Crippen LogP contribution is -2.34. The third-order valence-corrected chi connectivity index (χ3v) is 4.37. The van der Waals surface area contributed by atoms with Crippen LogP contribution in [0.1, 0.15) is 5.56 Å². The van der Waals surface area contributed by atoms with E-state index in [0.29, 0.717) is 18.7 Å². The van der Waals surface area contributed by atoms with Gasteiger partial charge in [-0.1, -0.05) is 36.4 Å². The minimum Gasteiger partial charge on any atom is -0.633 e. The van der Waals surface area contributed by atoms with Crippen LogP contribution in [0.15, 0.2) is 42.5 Å². The lowest BCUT2D eigenvalue weighted by atomic mass is 9.95. The average Bonchev–Trinajstić information content (AvgIpc) is 2.57. The molecule has 3 rings (SSSR count). The Hall–Kier alpha value is -2.30. The first-order valence-electron chi connectivity index (χ1n) is 8.04. The molecule has 0 aromatic heterocycles. The topological polar surface area (TPSA) is 41.5 Å². The fourth-order valence-corrected chi connectivity index (χ4v) is 3.16. The zero-order chi connectivity index (χ0) is 17.3. The van der Waals surface area contributed by atoms with E-state index in [4.69, 9.17) is 9.47 Å². The second-order valence-electron chi connectivity index (χ2n) is 6.53. The first kappa shape index (κ1) is 16.6. The fourth-order valence-electron chi connectivity index (χ4n) is 3.16. The second-order valence-corrected chi connectivity index (χ2v) is 6.53. The van der Waals surface area contributed by atoms with Crippen LogP contribution >= 0.6 is 0 Å². The van der Waals surface area contributed by atoms with Crippen molar-refractivity contribution in [3.05, 3.63) is 53.2 Å². The zero-order valence-corrected chi connectivity index (χ0v) is 14.6. The summed E-state index contributed by atoms with van der Waals surface area (Å²) >= 11 is 0. The molecule has 0 atom stereocenters. The van der Waals surface area contributed by atoms with Gasteiger partial charge in [0.25, 0.3) is 0 Å². The number of hydroxylamine groups is 3. The number of likely N-dealkylation sites (N-methyl/N-ethyl adjacent to an activating group) is 1. The van der Waals surface area contributed by atoms with Gasteiger partial charge in [0.2, 0.25) is 0 Å². The highest BCUT2D eigenvalue weighted by molar-refractivity contribution is 6.12. The number of hydrogen-bond acceptors (Lipinski definition) is 3. The van der Waals surface area contributed by atoms with Gasteiger partial charge in [-0.15, -0.1) is 0 Å². The van der Waals surface area contributed by atoms with Crippen molar-refractivity contribution in [2.45, 2.75) is 6.42 Å². The standard InChI is InChI=1S/C20H23NO3/c1-21(2,22)12-11-15-13-18(23-3)20(24-4)19-16-8-6-5-7-14(16)9-10-17(15)19/h5-10,13H,11-12H2,1-4H3. The summed E-state index contributed by atoms with van der Waals surface area (Å²) in [4.78, 5) is 0. The molecule has 0 unspecified atom stereocenters. The van der Waals surface area contributed by atoms with Crippen molar-refractivity contribution in [3.8, 4) is 11.5 Å². The lowest BCUT2D eigenvalue weighted by Gasteiger charge is -2.33. The highest BCUT2D eigenvalue weighted by Gasteiger charge is 2.17. The van der Waals surface area contributed by atoms with Gasteiger partial charge in [0.15, 0.2) is 11.5 Å². The molecule has 0 aliphatic carbocycles. The van der Waals surface area contributed by atoms with Crippen LogP contribution in [0, 0.1) is 5.21 Å². The minimum atomic E-state index is -0.316. The van der Waals surface area contributed by atoms with Crippen LogP contribution < -0.4 is 9.47 Å². The fraction of sp³-hybridized carbons (Fsp3) is 0.300. The van der Waals surface area contributed by atoms with Crippen molar-refractivity contribution >= 4 is 21.5 Å². The summed E-state index contributed by atoms with van der Waals surface area (Å²) in [5.74, 6) is 1.44. The van der Waals surface area contributed by atoms with E-state index >= 15 is 0 Å². The van der Waals surface area contributed by atoms with Gasteiger partial charge in [0.05, 0.1) is 34.9 Å². The Morgan fingerprint density at radius 2 is 1.71 bits per heavy atom. The van der Waals surface area contributed by atoms with Gasteiger partial charge in [-0.3, -0.25) is 0 Å². The Morgan fingerprint density at radius 3 is 2.38 bits per heavy atom. The van der Waals surface area contributed by atoms with E-state index < -0.39 is 0 Å². The molecular weight excluding hydrogens is 302 g/mol. The minimum absolute atomic E-state index is 0.316. The van der Waals surface area contributed by atoms with Crippen molar-refractivity contribution in [1.29, 1.82) is 0 Å². The van der Waals surface area contributed by atoms with E-state index in [1.54, 1.807) is 28.3 Å². The number of nitrogens with zero attached hydrogens (tertiary/aromatic N) is 1. The summed E-state index contributed by atoms with van der Waals surface area (Å²) < 4.78 is 10.9. The summed E-state index contributed by atoms with van der Waals surface area (Å²) in [6.45, 7) is 0.511. The van der Waals surface area contributed by atoms with Gasteiger partial charge >= 0.3 is 0 Å². The SMILES string of the molecule is COc1cc(CC[N+](C)(C)[O-])c2ccc3ccccc3c2c1OC. The Labute approximate surface area is 142 Å². The molecular formula is C20H23NO3. The normalized spacial score (nSPS) is 11.9. The molecule has 0 saturated heterocycles. The Kier molecular flexibility index (Phi) is 4.35. The van der Waals surface area contributed by atoms with Gasteiger partial charge in [0.1, 0.15) is 0 Å². The molecule has 0 fully saturated rings. The monoisotopic (exact) mass is 325 g/mol. The quantitative estimate of drug-likeness (QED) is 0.402. The summed E-state index contributed by atoms with van der Waals surface area (Å²) in [7, 11) is 6.64.